The average Bonchev–Trinajstić information content (AvgIpc) is 2.23. The van der Waals surface area contributed by atoms with Crippen LogP contribution in [0.3, 0.4) is 0 Å². The topological polar surface area (TPSA) is 43.4 Å². The summed E-state index contributed by atoms with van der Waals surface area (Å²) in [5.41, 5.74) is 0.539. The second-order valence-electron chi connectivity index (χ2n) is 7.11. The van der Waals surface area contributed by atoms with Crippen molar-refractivity contribution in [3.63, 3.8) is 0 Å². The molecular weight excluding hydrogens is 228 g/mol. The lowest BCUT2D eigenvalue weighted by Gasteiger charge is -2.55. The van der Waals surface area contributed by atoms with Crippen LogP contribution in [0.2, 0.25) is 0 Å². The molecule has 3 aliphatic carbocycles. The highest BCUT2D eigenvalue weighted by molar-refractivity contribution is 5.96. The third-order valence-corrected chi connectivity index (χ3v) is 4.37. The van der Waals surface area contributed by atoms with Crippen molar-refractivity contribution < 1.29 is 14.3 Å². The number of carbonyl (C=O) groups excluding carboxylic acids is 2. The molecule has 2 atom stereocenters. The molecule has 1 fully saturated rings. The quantitative estimate of drug-likeness (QED) is 0.708. The number of ether oxygens (including phenoxy) is 1. The van der Waals surface area contributed by atoms with E-state index in [-0.39, 0.29) is 29.7 Å². The van der Waals surface area contributed by atoms with E-state index in [0.717, 1.165) is 12.0 Å². The molecule has 0 radical (unpaired) electrons. The molecule has 3 aliphatic rings. The summed E-state index contributed by atoms with van der Waals surface area (Å²) in [6, 6.07) is 0. The van der Waals surface area contributed by atoms with Gasteiger partial charge in [-0.25, -0.2) is 0 Å². The smallest absolute Gasteiger partial charge is 0.311 e. The van der Waals surface area contributed by atoms with Gasteiger partial charge in [-0.2, -0.15) is 0 Å². The Hall–Kier alpha value is -1.12. The van der Waals surface area contributed by atoms with Crippen molar-refractivity contribution >= 4 is 11.8 Å². The van der Waals surface area contributed by atoms with Crippen LogP contribution in [0.1, 0.15) is 41.0 Å². The summed E-state index contributed by atoms with van der Waals surface area (Å²) in [6.45, 7) is 10.0. The minimum Gasteiger partial charge on any atom is -0.461 e. The number of rotatable bonds is 2. The largest absolute Gasteiger partial charge is 0.461 e. The Morgan fingerprint density at radius 3 is 2.44 bits per heavy atom. The fourth-order valence-electron chi connectivity index (χ4n) is 2.93. The maximum atomic E-state index is 11.9. The number of hydrogen-bond acceptors (Lipinski definition) is 3. The Bertz CT molecular complexity index is 424. The van der Waals surface area contributed by atoms with E-state index in [1.54, 1.807) is 6.08 Å². The minimum absolute atomic E-state index is 0.0370. The molecule has 0 aromatic carbocycles. The number of hydrogen-bond donors (Lipinski definition) is 0. The van der Waals surface area contributed by atoms with Gasteiger partial charge in [-0.3, -0.25) is 9.59 Å². The highest BCUT2D eigenvalue weighted by Crippen LogP contribution is 2.57. The van der Waals surface area contributed by atoms with Crippen molar-refractivity contribution in [2.45, 2.75) is 41.0 Å². The third-order valence-electron chi connectivity index (χ3n) is 4.37. The molecule has 3 heteroatoms. The van der Waals surface area contributed by atoms with E-state index in [2.05, 4.69) is 13.8 Å². The van der Waals surface area contributed by atoms with Gasteiger partial charge in [0.2, 0.25) is 0 Å². The predicted octanol–water partition coefficient (Wildman–Crippen LogP) is 2.75. The van der Waals surface area contributed by atoms with Crippen molar-refractivity contribution in [3.05, 3.63) is 11.6 Å². The monoisotopic (exact) mass is 250 g/mol. The molecular formula is C15H22O3. The van der Waals surface area contributed by atoms with Crippen molar-refractivity contribution in [2.24, 2.45) is 22.7 Å². The molecule has 0 amide bonds. The van der Waals surface area contributed by atoms with Gasteiger partial charge in [-0.15, -0.1) is 0 Å². The van der Waals surface area contributed by atoms with E-state index in [1.807, 2.05) is 20.8 Å². The first-order chi connectivity index (χ1) is 8.14. The molecule has 0 saturated heterocycles. The molecule has 18 heavy (non-hydrogen) atoms. The Morgan fingerprint density at radius 1 is 1.39 bits per heavy atom. The Morgan fingerprint density at radius 2 is 2.00 bits per heavy atom. The fourth-order valence-corrected chi connectivity index (χ4v) is 2.93. The SMILES string of the molecule is CC(C)(C)C(=O)OCC1=CC(=O)[C@@H]2C[C@@H]1C2(C)C. The van der Waals surface area contributed by atoms with Crippen LogP contribution in [0.25, 0.3) is 0 Å². The average molecular weight is 250 g/mol. The van der Waals surface area contributed by atoms with Crippen molar-refractivity contribution in [3.8, 4) is 0 Å². The van der Waals surface area contributed by atoms with E-state index in [1.165, 1.54) is 0 Å². The molecule has 1 saturated carbocycles. The Kier molecular flexibility index (Phi) is 2.91. The van der Waals surface area contributed by atoms with Crippen LogP contribution in [0.15, 0.2) is 11.6 Å². The molecule has 3 rings (SSSR count). The maximum Gasteiger partial charge on any atom is 0.311 e. The van der Waals surface area contributed by atoms with Gasteiger partial charge in [0.05, 0.1) is 5.41 Å². The van der Waals surface area contributed by atoms with Crippen LogP contribution in [0.4, 0.5) is 0 Å². The lowest BCUT2D eigenvalue weighted by atomic mass is 9.48. The molecule has 0 unspecified atom stereocenters. The second-order valence-corrected chi connectivity index (χ2v) is 7.11. The van der Waals surface area contributed by atoms with E-state index in [9.17, 15) is 9.59 Å². The first-order valence-corrected chi connectivity index (χ1v) is 6.55. The van der Waals surface area contributed by atoms with E-state index in [0.29, 0.717) is 5.92 Å². The summed E-state index contributed by atoms with van der Waals surface area (Å²) in [6.07, 6.45) is 2.62. The van der Waals surface area contributed by atoms with E-state index >= 15 is 0 Å². The molecule has 3 nitrogen and oxygen atoms in total. The molecule has 0 aromatic heterocycles. The van der Waals surface area contributed by atoms with E-state index < -0.39 is 5.41 Å². The van der Waals surface area contributed by atoms with Gasteiger partial charge in [-0.1, -0.05) is 13.8 Å². The maximum absolute atomic E-state index is 11.9. The van der Waals surface area contributed by atoms with Gasteiger partial charge < -0.3 is 4.74 Å². The molecule has 0 aromatic rings. The van der Waals surface area contributed by atoms with Crippen LogP contribution in [-0.2, 0) is 14.3 Å². The summed E-state index contributed by atoms with van der Waals surface area (Å²) < 4.78 is 5.32. The zero-order chi connectivity index (χ0) is 13.7. The normalized spacial score (nSPS) is 29.4. The number of esters is 1. The van der Waals surface area contributed by atoms with Gasteiger partial charge >= 0.3 is 5.97 Å². The number of carbonyl (C=O) groups is 2. The molecule has 0 aliphatic heterocycles. The van der Waals surface area contributed by atoms with Crippen LogP contribution in [0.5, 0.6) is 0 Å². The van der Waals surface area contributed by atoms with Crippen LogP contribution in [-0.4, -0.2) is 18.4 Å². The van der Waals surface area contributed by atoms with Crippen molar-refractivity contribution in [2.75, 3.05) is 6.61 Å². The summed E-state index contributed by atoms with van der Waals surface area (Å²) in [7, 11) is 0. The molecule has 100 valence electrons. The van der Waals surface area contributed by atoms with Crippen LogP contribution in [0, 0.1) is 22.7 Å². The lowest BCUT2D eigenvalue weighted by Crippen LogP contribution is -2.53. The lowest BCUT2D eigenvalue weighted by molar-refractivity contribution is -0.153. The fraction of sp³-hybridized carbons (Fsp3) is 0.733. The van der Waals surface area contributed by atoms with Gasteiger partial charge in [0, 0.05) is 5.92 Å². The van der Waals surface area contributed by atoms with Crippen molar-refractivity contribution in [1.29, 1.82) is 0 Å². The molecule has 2 bridgehead atoms. The Balaban J connectivity index is 2.03. The first-order valence-electron chi connectivity index (χ1n) is 6.55. The second kappa shape index (κ2) is 3.94. The summed E-state index contributed by atoms with van der Waals surface area (Å²) in [5.74, 6) is 0.553. The van der Waals surface area contributed by atoms with Gasteiger partial charge in [0.1, 0.15) is 6.61 Å². The highest BCUT2D eigenvalue weighted by atomic mass is 16.5. The number of fused-ring (bicyclic) bond motifs is 1. The first kappa shape index (κ1) is 13.3. The number of ketones is 1. The highest BCUT2D eigenvalue weighted by Gasteiger charge is 2.55. The predicted molar refractivity (Wildman–Crippen MR) is 68.9 cm³/mol. The summed E-state index contributed by atoms with van der Waals surface area (Å²) >= 11 is 0. The zero-order valence-corrected chi connectivity index (χ0v) is 11.9. The molecule has 0 N–H and O–H groups in total. The third kappa shape index (κ3) is 2.00. The van der Waals surface area contributed by atoms with Crippen LogP contribution >= 0.6 is 0 Å². The van der Waals surface area contributed by atoms with Crippen LogP contribution < -0.4 is 0 Å². The standard InChI is InChI=1S/C15H22O3/c1-14(2,3)13(17)18-8-9-6-12(16)11-7-10(9)15(11,4)5/h6,10-11H,7-8H2,1-5H3/t10-,11-/m0/s1. The zero-order valence-electron chi connectivity index (χ0n) is 11.9. The van der Waals surface area contributed by atoms with E-state index in [4.69, 9.17) is 4.74 Å². The summed E-state index contributed by atoms with van der Waals surface area (Å²) in [5, 5.41) is 0. The Labute approximate surface area is 109 Å². The minimum atomic E-state index is -0.489. The van der Waals surface area contributed by atoms with Gasteiger partial charge in [0.25, 0.3) is 0 Å². The van der Waals surface area contributed by atoms with Crippen molar-refractivity contribution in [1.82, 2.24) is 0 Å². The molecule has 0 spiro atoms. The molecule has 0 heterocycles. The summed E-state index contributed by atoms with van der Waals surface area (Å²) in [4.78, 5) is 23.6. The van der Waals surface area contributed by atoms with Gasteiger partial charge in [0.15, 0.2) is 5.78 Å². The number of allylic oxidation sites excluding steroid dienone is 1. The van der Waals surface area contributed by atoms with Gasteiger partial charge in [-0.05, 0) is 50.2 Å².